The molecule has 0 radical (unpaired) electrons. The highest BCUT2D eigenvalue weighted by Gasteiger charge is 2.22. The van der Waals surface area contributed by atoms with Gasteiger partial charge in [-0.25, -0.2) is 4.98 Å². The molecule has 0 aliphatic carbocycles. The van der Waals surface area contributed by atoms with Gasteiger partial charge in [0.1, 0.15) is 16.5 Å². The molecular formula is C16H15ClN4O2S. The Morgan fingerprint density at radius 3 is 2.71 bits per heavy atom. The fourth-order valence-electron chi connectivity index (χ4n) is 2.67. The number of benzene rings is 1. The van der Waals surface area contributed by atoms with E-state index >= 15 is 0 Å². The average molecular weight is 363 g/mol. The van der Waals surface area contributed by atoms with Crippen molar-refractivity contribution in [2.24, 2.45) is 0 Å². The van der Waals surface area contributed by atoms with Crippen LogP contribution in [0.25, 0.3) is 10.9 Å². The number of halogens is 1. The lowest BCUT2D eigenvalue weighted by molar-refractivity contribution is -0.386. The van der Waals surface area contributed by atoms with Gasteiger partial charge in [-0.05, 0) is 38.3 Å². The number of pyridine rings is 1. The Hall–Kier alpha value is -2.12. The van der Waals surface area contributed by atoms with Crippen LogP contribution in [0.2, 0.25) is 5.15 Å². The van der Waals surface area contributed by atoms with E-state index in [2.05, 4.69) is 10.1 Å². The molecule has 0 saturated carbocycles. The average Bonchev–Trinajstić information content (AvgIpc) is 2.81. The number of aromatic nitrogens is 3. The molecule has 0 spiro atoms. The van der Waals surface area contributed by atoms with Crippen LogP contribution in [-0.2, 0) is 6.54 Å². The molecule has 3 rings (SSSR count). The number of thioether (sulfide) groups is 1. The molecule has 124 valence electrons. The van der Waals surface area contributed by atoms with Crippen LogP contribution in [0.1, 0.15) is 17.0 Å². The summed E-state index contributed by atoms with van der Waals surface area (Å²) in [6.07, 6.45) is 2.01. The highest BCUT2D eigenvalue weighted by Crippen LogP contribution is 2.27. The van der Waals surface area contributed by atoms with Gasteiger partial charge in [0.25, 0.3) is 0 Å². The van der Waals surface area contributed by atoms with Gasteiger partial charge in [-0.2, -0.15) is 5.10 Å². The quantitative estimate of drug-likeness (QED) is 0.298. The van der Waals surface area contributed by atoms with Crippen LogP contribution < -0.4 is 0 Å². The summed E-state index contributed by atoms with van der Waals surface area (Å²) in [5.74, 6) is 0. The highest BCUT2D eigenvalue weighted by molar-refractivity contribution is 7.98. The molecule has 0 amide bonds. The number of nitro groups is 1. The lowest BCUT2D eigenvalue weighted by Gasteiger charge is -2.08. The molecule has 0 saturated heterocycles. The summed E-state index contributed by atoms with van der Waals surface area (Å²) >= 11 is 7.96. The Kier molecular flexibility index (Phi) is 4.47. The third-order valence-electron chi connectivity index (χ3n) is 3.90. The summed E-state index contributed by atoms with van der Waals surface area (Å²) in [6, 6.07) is 7.97. The van der Waals surface area contributed by atoms with Crippen LogP contribution in [-0.4, -0.2) is 25.9 Å². The van der Waals surface area contributed by atoms with Crippen molar-refractivity contribution in [3.63, 3.8) is 0 Å². The van der Waals surface area contributed by atoms with E-state index < -0.39 is 4.92 Å². The van der Waals surface area contributed by atoms with Crippen molar-refractivity contribution in [1.29, 1.82) is 0 Å². The van der Waals surface area contributed by atoms with Crippen LogP contribution in [0.3, 0.4) is 0 Å². The number of fused-ring (bicyclic) bond motifs is 1. The number of hydrogen-bond acceptors (Lipinski definition) is 5. The molecule has 24 heavy (non-hydrogen) atoms. The van der Waals surface area contributed by atoms with E-state index in [0.717, 1.165) is 21.4 Å². The predicted octanol–water partition coefficient (Wildman–Crippen LogP) is 4.38. The summed E-state index contributed by atoms with van der Waals surface area (Å²) in [5, 5.41) is 16.7. The minimum absolute atomic E-state index is 0.0458. The van der Waals surface area contributed by atoms with Gasteiger partial charge in [0.05, 0.1) is 17.0 Å². The second-order valence-corrected chi connectivity index (χ2v) is 6.67. The van der Waals surface area contributed by atoms with E-state index in [0.29, 0.717) is 23.1 Å². The summed E-state index contributed by atoms with van der Waals surface area (Å²) < 4.78 is 1.60. The molecule has 0 unspecified atom stereocenters. The van der Waals surface area contributed by atoms with Crippen molar-refractivity contribution in [1.82, 2.24) is 14.8 Å². The van der Waals surface area contributed by atoms with Crippen LogP contribution >= 0.6 is 23.4 Å². The first kappa shape index (κ1) is 16.7. The molecule has 2 aromatic heterocycles. The number of aryl methyl sites for hydroxylation is 1. The van der Waals surface area contributed by atoms with E-state index in [1.807, 2.05) is 30.5 Å². The molecule has 2 heterocycles. The summed E-state index contributed by atoms with van der Waals surface area (Å²) in [4.78, 5) is 16.3. The SMILES string of the molecule is CSc1ccc2cc(Cn3nc(C)c([N+](=O)[O-])c3C)c(Cl)nc2c1. The largest absolute Gasteiger partial charge is 0.312 e. The second kappa shape index (κ2) is 6.41. The van der Waals surface area contributed by atoms with Gasteiger partial charge in [-0.15, -0.1) is 11.8 Å². The minimum Gasteiger partial charge on any atom is -0.258 e. The molecule has 3 aromatic rings. The molecule has 0 atom stereocenters. The Morgan fingerprint density at radius 1 is 1.33 bits per heavy atom. The van der Waals surface area contributed by atoms with Crippen molar-refractivity contribution < 1.29 is 4.92 Å². The lowest BCUT2D eigenvalue weighted by atomic mass is 10.1. The Balaban J connectivity index is 2.03. The third-order valence-corrected chi connectivity index (χ3v) is 4.95. The van der Waals surface area contributed by atoms with Gasteiger partial charge in [0, 0.05) is 15.8 Å². The van der Waals surface area contributed by atoms with Crippen LogP contribution in [0.5, 0.6) is 0 Å². The molecule has 0 aliphatic rings. The van der Waals surface area contributed by atoms with Crippen LogP contribution in [0.15, 0.2) is 29.2 Å². The van der Waals surface area contributed by atoms with Crippen molar-refractivity contribution in [3.05, 3.63) is 56.5 Å². The van der Waals surface area contributed by atoms with Crippen molar-refractivity contribution in [2.75, 3.05) is 6.26 Å². The predicted molar refractivity (Wildman–Crippen MR) is 96.0 cm³/mol. The molecular weight excluding hydrogens is 348 g/mol. The summed E-state index contributed by atoms with van der Waals surface area (Å²) in [6.45, 7) is 3.66. The zero-order valence-electron chi connectivity index (χ0n) is 13.4. The molecule has 6 nitrogen and oxygen atoms in total. The fourth-order valence-corrected chi connectivity index (χ4v) is 3.31. The van der Waals surface area contributed by atoms with Gasteiger partial charge in [0.15, 0.2) is 0 Å². The number of nitrogens with zero attached hydrogens (tertiary/aromatic N) is 4. The molecule has 0 N–H and O–H groups in total. The van der Waals surface area contributed by atoms with E-state index in [-0.39, 0.29) is 5.69 Å². The first-order valence-corrected chi connectivity index (χ1v) is 8.82. The van der Waals surface area contributed by atoms with Gasteiger partial charge >= 0.3 is 5.69 Å². The van der Waals surface area contributed by atoms with E-state index in [9.17, 15) is 10.1 Å². The zero-order chi connectivity index (χ0) is 17.4. The van der Waals surface area contributed by atoms with Crippen molar-refractivity contribution >= 4 is 40.0 Å². The standard InChI is InChI=1S/C16H15ClN4O2S/c1-9-15(21(22)23)10(2)20(19-9)8-12-6-11-4-5-13(24-3)7-14(11)18-16(12)17/h4-7H,8H2,1-3H3. The van der Waals surface area contributed by atoms with Gasteiger partial charge in [-0.3, -0.25) is 14.8 Å². The van der Waals surface area contributed by atoms with Gasteiger partial charge in [0.2, 0.25) is 0 Å². The molecule has 0 aliphatic heterocycles. The fraction of sp³-hybridized carbons (Fsp3) is 0.250. The van der Waals surface area contributed by atoms with Crippen molar-refractivity contribution in [3.8, 4) is 0 Å². The Bertz CT molecular complexity index is 955. The normalized spacial score (nSPS) is 11.2. The summed E-state index contributed by atoms with van der Waals surface area (Å²) in [5.41, 5.74) is 2.55. The van der Waals surface area contributed by atoms with E-state index in [4.69, 9.17) is 11.6 Å². The lowest BCUT2D eigenvalue weighted by Crippen LogP contribution is -2.05. The van der Waals surface area contributed by atoms with Crippen molar-refractivity contribution in [2.45, 2.75) is 25.3 Å². The first-order chi connectivity index (χ1) is 11.4. The third kappa shape index (κ3) is 2.97. The molecule has 0 fully saturated rings. The van der Waals surface area contributed by atoms with E-state index in [1.165, 1.54) is 0 Å². The Labute approximate surface area is 148 Å². The van der Waals surface area contributed by atoms with Gasteiger partial charge in [-0.1, -0.05) is 17.7 Å². The monoisotopic (exact) mass is 362 g/mol. The number of hydrogen-bond donors (Lipinski definition) is 0. The van der Waals surface area contributed by atoms with Gasteiger partial charge < -0.3 is 0 Å². The Morgan fingerprint density at radius 2 is 2.08 bits per heavy atom. The molecule has 8 heteroatoms. The topological polar surface area (TPSA) is 73.8 Å². The van der Waals surface area contributed by atoms with E-state index in [1.54, 1.807) is 30.3 Å². The summed E-state index contributed by atoms with van der Waals surface area (Å²) in [7, 11) is 0. The first-order valence-electron chi connectivity index (χ1n) is 7.22. The molecule has 0 bridgehead atoms. The highest BCUT2D eigenvalue weighted by atomic mass is 35.5. The minimum atomic E-state index is -0.404. The number of rotatable bonds is 4. The van der Waals surface area contributed by atoms with Crippen LogP contribution in [0.4, 0.5) is 5.69 Å². The zero-order valence-corrected chi connectivity index (χ0v) is 15.0. The molecule has 1 aromatic carbocycles. The smallest absolute Gasteiger partial charge is 0.258 e. The maximum Gasteiger partial charge on any atom is 0.312 e. The second-order valence-electron chi connectivity index (χ2n) is 5.43. The maximum atomic E-state index is 11.1. The maximum absolute atomic E-state index is 11.1. The van der Waals surface area contributed by atoms with Crippen LogP contribution in [0, 0.1) is 24.0 Å².